The van der Waals surface area contributed by atoms with Gasteiger partial charge in [0, 0.05) is 9.52 Å². The molecule has 0 bridgehead atoms. The van der Waals surface area contributed by atoms with Crippen molar-refractivity contribution in [2.24, 2.45) is 11.8 Å². The van der Waals surface area contributed by atoms with Crippen molar-refractivity contribution in [3.05, 3.63) is 129 Å². The second-order valence-electron chi connectivity index (χ2n) is 14.4. The molecule has 6 rings (SSSR count). The number of hydrogen-bond donors (Lipinski definition) is 0. The fourth-order valence-corrected chi connectivity index (χ4v) is 6.74. The van der Waals surface area contributed by atoms with Crippen molar-refractivity contribution < 1.29 is 26.2 Å². The fourth-order valence-electron chi connectivity index (χ4n) is 6.74. The van der Waals surface area contributed by atoms with Crippen LogP contribution in [0.25, 0.3) is 43.8 Å². The fraction of sp³-hybridized carbons (Fsp3) is 0.348. The van der Waals surface area contributed by atoms with Crippen LogP contribution in [0.1, 0.15) is 72.2 Å². The summed E-state index contributed by atoms with van der Waals surface area (Å²) in [5, 5.41) is 5.52. The molecule has 0 aliphatic heterocycles. The van der Waals surface area contributed by atoms with Gasteiger partial charge in [0.2, 0.25) is 0 Å². The molecule has 0 heterocycles. The summed E-state index contributed by atoms with van der Waals surface area (Å²) in [5.74, 6) is 1.40. The van der Waals surface area contributed by atoms with Crippen molar-refractivity contribution in [2.45, 2.75) is 95.2 Å². The molecular weight excluding hydrogens is 672 g/mol. The number of aryl methyl sites for hydroxylation is 2. The van der Waals surface area contributed by atoms with Crippen LogP contribution >= 0.6 is 0 Å². The normalized spacial score (nSPS) is 11.0. The summed E-state index contributed by atoms with van der Waals surface area (Å²) in [6.07, 6.45) is 2.31. The molecule has 248 valence electrons. The summed E-state index contributed by atoms with van der Waals surface area (Å²) in [7, 11) is 1.08. The third-order valence-corrected chi connectivity index (χ3v) is 9.61. The van der Waals surface area contributed by atoms with E-state index >= 15 is 0 Å². The van der Waals surface area contributed by atoms with E-state index < -0.39 is 0 Å². The first-order chi connectivity index (χ1) is 22.4. The number of benzene rings is 4. The maximum Gasteiger partial charge on any atom is 2.00 e. The average molecular weight is 728 g/mol. The second kappa shape index (κ2) is 17.7. The van der Waals surface area contributed by atoms with Gasteiger partial charge >= 0.3 is 26.2 Å². The van der Waals surface area contributed by atoms with Gasteiger partial charge in [0.1, 0.15) is 0 Å². The maximum absolute atomic E-state index is 2.39. The number of rotatable bonds is 6. The first-order valence-corrected chi connectivity index (χ1v) is 19.5. The van der Waals surface area contributed by atoms with Crippen LogP contribution < -0.4 is 0 Å². The Hall–Kier alpha value is -2.80. The Kier molecular flexibility index (Phi) is 14.6. The van der Waals surface area contributed by atoms with Crippen LogP contribution in [0.3, 0.4) is 0 Å². The minimum atomic E-state index is 0. The van der Waals surface area contributed by atoms with E-state index in [1.54, 1.807) is 0 Å². The predicted molar refractivity (Wildman–Crippen MR) is 213 cm³/mol. The van der Waals surface area contributed by atoms with Crippen LogP contribution in [0.2, 0.25) is 13.1 Å². The molecule has 6 aromatic rings. The Morgan fingerprint density at radius 1 is 0.500 bits per heavy atom. The molecule has 0 fully saturated rings. The number of hydrogen-bond acceptors (Lipinski definition) is 0. The average Bonchev–Trinajstić information content (AvgIpc) is 3.62. The zero-order valence-electron chi connectivity index (χ0n) is 31.7. The summed E-state index contributed by atoms with van der Waals surface area (Å²) in [6.45, 7) is 26.8. The number of fused-ring (bicyclic) bond motifs is 2. The summed E-state index contributed by atoms with van der Waals surface area (Å²) < 4.78 is 0. The molecule has 0 unspecified atom stereocenters. The van der Waals surface area contributed by atoms with Gasteiger partial charge in [-0.2, -0.15) is 12.1 Å². The van der Waals surface area contributed by atoms with E-state index in [1.165, 1.54) is 88.3 Å². The zero-order valence-corrected chi connectivity index (χ0v) is 35.1. The Morgan fingerprint density at radius 3 is 1.19 bits per heavy atom. The Bertz CT molecular complexity index is 1800. The molecule has 0 aliphatic carbocycles. The first-order valence-electron chi connectivity index (χ1n) is 17.5. The minimum Gasteiger partial charge on any atom is -0.164 e. The summed E-state index contributed by atoms with van der Waals surface area (Å²) in [5.41, 5.74) is 16.8. The molecular formula is C46H56SiZr. The van der Waals surface area contributed by atoms with Gasteiger partial charge in [0.05, 0.1) is 0 Å². The van der Waals surface area contributed by atoms with Gasteiger partial charge in [-0.25, -0.2) is 0 Å². The van der Waals surface area contributed by atoms with Gasteiger partial charge in [-0.3, -0.25) is 0 Å². The standard InChI is InChI=1S/2C22H25.C2H6Si.Zr/c2*1-14(2)11-18-12-19-7-6-8-21(22(19)13-18)20-10-9-15(3)16(4)17(20)5;1-3-2;/h2*6-10,12-14H,11H2,1-5H3;1-2H3;/q2*-1;;+2. The summed E-state index contributed by atoms with van der Waals surface area (Å²) in [6, 6.07) is 31.9. The second-order valence-corrected chi connectivity index (χ2v) is 15.4. The van der Waals surface area contributed by atoms with Gasteiger partial charge in [0.15, 0.2) is 0 Å². The van der Waals surface area contributed by atoms with Crippen LogP contribution in [0.5, 0.6) is 0 Å². The van der Waals surface area contributed by atoms with E-state index in [9.17, 15) is 0 Å². The van der Waals surface area contributed by atoms with Crippen LogP contribution in [-0.4, -0.2) is 9.52 Å². The molecule has 0 saturated heterocycles. The predicted octanol–water partition coefficient (Wildman–Crippen LogP) is 13.5. The van der Waals surface area contributed by atoms with Crippen molar-refractivity contribution in [3.8, 4) is 22.3 Å². The molecule has 2 heteroatoms. The molecule has 0 saturated carbocycles. The summed E-state index contributed by atoms with van der Waals surface area (Å²) >= 11 is 0. The molecule has 0 atom stereocenters. The Morgan fingerprint density at radius 2 is 0.854 bits per heavy atom. The van der Waals surface area contributed by atoms with Gasteiger partial charge < -0.3 is 0 Å². The zero-order chi connectivity index (χ0) is 34.4. The van der Waals surface area contributed by atoms with Crippen LogP contribution in [0, 0.1) is 53.4 Å². The molecule has 0 nitrogen and oxygen atoms in total. The van der Waals surface area contributed by atoms with E-state index in [4.69, 9.17) is 0 Å². The minimum absolute atomic E-state index is 0. The third kappa shape index (κ3) is 9.25. The topological polar surface area (TPSA) is 0 Å². The van der Waals surface area contributed by atoms with Gasteiger partial charge in [0.25, 0.3) is 0 Å². The van der Waals surface area contributed by atoms with E-state index in [0.29, 0.717) is 11.8 Å². The van der Waals surface area contributed by atoms with Crippen molar-refractivity contribution in [1.29, 1.82) is 0 Å². The molecule has 0 spiro atoms. The van der Waals surface area contributed by atoms with E-state index in [-0.39, 0.29) is 26.2 Å². The monoisotopic (exact) mass is 726 g/mol. The SMILES string of the molecule is C[Si]C.Cc1ccc(-c2cccc3[cH-]c(CC(C)C)cc23)c(C)c1C.Cc1ccc(-c2cccc3[cH-]c(CC(C)C)cc23)c(C)c1C.[Zr+2]. The van der Waals surface area contributed by atoms with Crippen molar-refractivity contribution in [1.82, 2.24) is 0 Å². The molecule has 0 amide bonds. The van der Waals surface area contributed by atoms with Gasteiger partial charge in [-0.15, -0.1) is 69.1 Å². The largest absolute Gasteiger partial charge is 2.00 e. The quantitative estimate of drug-likeness (QED) is 0.118. The van der Waals surface area contributed by atoms with Crippen LogP contribution in [-0.2, 0) is 39.0 Å². The molecule has 48 heavy (non-hydrogen) atoms. The first kappa shape index (κ1) is 39.6. The molecule has 0 N–H and O–H groups in total. The Balaban J connectivity index is 0.000000236. The van der Waals surface area contributed by atoms with Crippen LogP contribution in [0.4, 0.5) is 0 Å². The van der Waals surface area contributed by atoms with Gasteiger partial charge in [-0.1, -0.05) is 88.3 Å². The van der Waals surface area contributed by atoms with E-state index in [0.717, 1.165) is 22.4 Å². The van der Waals surface area contributed by atoms with Gasteiger partial charge in [-0.05, 0) is 111 Å². The van der Waals surface area contributed by atoms with Crippen molar-refractivity contribution in [3.63, 3.8) is 0 Å². The molecule has 0 aliphatic rings. The van der Waals surface area contributed by atoms with E-state index in [2.05, 4.69) is 167 Å². The molecule has 2 radical (unpaired) electrons. The van der Waals surface area contributed by atoms with Crippen LogP contribution in [0.15, 0.2) is 84.9 Å². The maximum atomic E-state index is 2.39. The van der Waals surface area contributed by atoms with Crippen molar-refractivity contribution >= 4 is 31.1 Å². The Labute approximate surface area is 314 Å². The smallest absolute Gasteiger partial charge is 0.164 e. The summed E-state index contributed by atoms with van der Waals surface area (Å²) in [4.78, 5) is 0. The van der Waals surface area contributed by atoms with E-state index in [1.807, 2.05) is 0 Å². The third-order valence-electron chi connectivity index (χ3n) is 9.61. The molecule has 0 aromatic heterocycles. The molecule has 6 aromatic carbocycles. The van der Waals surface area contributed by atoms with Crippen molar-refractivity contribution in [2.75, 3.05) is 0 Å².